The third kappa shape index (κ3) is 3.22. The summed E-state index contributed by atoms with van der Waals surface area (Å²) in [6.45, 7) is 0. The predicted molar refractivity (Wildman–Crippen MR) is 86.4 cm³/mol. The van der Waals surface area contributed by atoms with Gasteiger partial charge in [-0.25, -0.2) is 0 Å². The maximum absolute atomic E-state index is 6.59. The molecule has 2 aromatic carbocycles. The fourth-order valence-corrected chi connectivity index (χ4v) is 3.32. The molecule has 0 fully saturated rings. The Bertz CT molecular complexity index is 617. The second-order valence-electron chi connectivity index (χ2n) is 4.14. The summed E-state index contributed by atoms with van der Waals surface area (Å²) in [5, 5.41) is 0.286. The van der Waals surface area contributed by atoms with Crippen molar-refractivity contribution in [2.24, 2.45) is 0 Å². The second kappa shape index (κ2) is 6.70. The average molecular weight is 376 g/mol. The van der Waals surface area contributed by atoms with E-state index in [1.807, 2.05) is 36.4 Å². The van der Waals surface area contributed by atoms with Gasteiger partial charge in [0.2, 0.25) is 0 Å². The van der Waals surface area contributed by atoms with Crippen LogP contribution in [-0.4, -0.2) is 14.2 Å². The van der Waals surface area contributed by atoms with Crippen molar-refractivity contribution in [1.82, 2.24) is 0 Å². The smallest absolute Gasteiger partial charge is 0.124 e. The van der Waals surface area contributed by atoms with Crippen LogP contribution in [0.3, 0.4) is 0 Å². The van der Waals surface area contributed by atoms with Crippen molar-refractivity contribution in [3.8, 4) is 11.5 Å². The summed E-state index contributed by atoms with van der Waals surface area (Å²) in [6.07, 6.45) is 0. The summed E-state index contributed by atoms with van der Waals surface area (Å²) in [4.78, 5) is 0. The Kier molecular flexibility index (Phi) is 5.19. The van der Waals surface area contributed by atoms with E-state index in [-0.39, 0.29) is 5.38 Å². The maximum Gasteiger partial charge on any atom is 0.124 e. The zero-order chi connectivity index (χ0) is 14.7. The molecule has 0 bridgehead atoms. The molecule has 0 aromatic heterocycles. The van der Waals surface area contributed by atoms with Gasteiger partial charge in [-0.05, 0) is 35.9 Å². The van der Waals surface area contributed by atoms with E-state index in [0.717, 1.165) is 21.3 Å². The molecule has 2 aromatic rings. The summed E-state index contributed by atoms with van der Waals surface area (Å²) >= 11 is 16.0. The second-order valence-corrected chi connectivity index (χ2v) is 5.86. The zero-order valence-electron chi connectivity index (χ0n) is 11.0. The van der Waals surface area contributed by atoms with Crippen molar-refractivity contribution >= 4 is 39.1 Å². The van der Waals surface area contributed by atoms with Crippen molar-refractivity contribution in [3.05, 3.63) is 57.0 Å². The highest BCUT2D eigenvalue weighted by Crippen LogP contribution is 2.40. The highest BCUT2D eigenvalue weighted by molar-refractivity contribution is 9.10. The Morgan fingerprint density at radius 1 is 1.00 bits per heavy atom. The van der Waals surface area contributed by atoms with E-state index in [4.69, 9.17) is 32.7 Å². The summed E-state index contributed by atoms with van der Waals surface area (Å²) < 4.78 is 11.5. The summed E-state index contributed by atoms with van der Waals surface area (Å²) in [5.74, 6) is 1.45. The first-order chi connectivity index (χ1) is 9.56. The lowest BCUT2D eigenvalue weighted by atomic mass is 10.0. The van der Waals surface area contributed by atoms with Gasteiger partial charge in [-0.1, -0.05) is 33.6 Å². The molecule has 0 saturated heterocycles. The Balaban J connectivity index is 2.48. The molecule has 2 nitrogen and oxygen atoms in total. The van der Waals surface area contributed by atoms with Crippen LogP contribution in [0.4, 0.5) is 0 Å². The topological polar surface area (TPSA) is 18.5 Å². The number of ether oxygens (including phenoxy) is 2. The molecule has 0 aliphatic carbocycles. The summed E-state index contributed by atoms with van der Waals surface area (Å²) in [7, 11) is 3.23. The highest BCUT2D eigenvalue weighted by Gasteiger charge is 2.19. The molecule has 1 atom stereocenters. The average Bonchev–Trinajstić information content (AvgIpc) is 2.46. The standard InChI is InChI=1S/C15H13BrCl2O2/c1-19-10-4-6-14(20-2)12(8-10)15(18)11-5-3-9(17)7-13(11)16/h3-8,15H,1-2H3. The van der Waals surface area contributed by atoms with E-state index in [9.17, 15) is 0 Å². The van der Waals surface area contributed by atoms with Gasteiger partial charge < -0.3 is 9.47 Å². The molecule has 0 radical (unpaired) electrons. The van der Waals surface area contributed by atoms with Gasteiger partial charge in [0.1, 0.15) is 11.5 Å². The molecule has 106 valence electrons. The van der Waals surface area contributed by atoms with Gasteiger partial charge in [-0.2, -0.15) is 0 Å². The van der Waals surface area contributed by atoms with Gasteiger partial charge in [0.05, 0.1) is 19.6 Å². The van der Waals surface area contributed by atoms with Crippen molar-refractivity contribution in [2.45, 2.75) is 5.38 Å². The Labute approximate surface area is 136 Å². The molecule has 0 N–H and O–H groups in total. The molecule has 5 heteroatoms. The first-order valence-electron chi connectivity index (χ1n) is 5.87. The van der Waals surface area contributed by atoms with Crippen molar-refractivity contribution < 1.29 is 9.47 Å². The van der Waals surface area contributed by atoms with Crippen LogP contribution in [0, 0.1) is 0 Å². The quantitative estimate of drug-likeness (QED) is 0.661. The van der Waals surface area contributed by atoms with Crippen LogP contribution in [0.1, 0.15) is 16.5 Å². The lowest BCUT2D eigenvalue weighted by molar-refractivity contribution is 0.399. The number of rotatable bonds is 4. The predicted octanol–water partition coefficient (Wildman–Crippen LogP) is 5.45. The molecule has 20 heavy (non-hydrogen) atoms. The fourth-order valence-electron chi connectivity index (χ4n) is 1.91. The molecule has 0 saturated carbocycles. The molecule has 0 amide bonds. The molecule has 0 heterocycles. The van der Waals surface area contributed by atoms with Crippen LogP contribution < -0.4 is 9.47 Å². The first-order valence-corrected chi connectivity index (χ1v) is 7.48. The van der Waals surface area contributed by atoms with Crippen LogP contribution in [0.15, 0.2) is 40.9 Å². The normalized spacial score (nSPS) is 12.1. The molecule has 0 spiro atoms. The Morgan fingerprint density at radius 2 is 1.75 bits per heavy atom. The Morgan fingerprint density at radius 3 is 2.35 bits per heavy atom. The minimum absolute atomic E-state index is 0.369. The minimum atomic E-state index is -0.369. The molecule has 2 rings (SSSR count). The van der Waals surface area contributed by atoms with Gasteiger partial charge >= 0.3 is 0 Å². The Hall–Kier alpha value is -0.900. The van der Waals surface area contributed by atoms with Gasteiger partial charge in [0.15, 0.2) is 0 Å². The largest absolute Gasteiger partial charge is 0.497 e. The number of hydrogen-bond acceptors (Lipinski definition) is 2. The van der Waals surface area contributed by atoms with Gasteiger partial charge in [0, 0.05) is 15.1 Å². The molecule has 1 unspecified atom stereocenters. The van der Waals surface area contributed by atoms with E-state index in [1.165, 1.54) is 0 Å². The van der Waals surface area contributed by atoms with Gasteiger partial charge in [-0.3, -0.25) is 0 Å². The molecular weight excluding hydrogens is 363 g/mol. The zero-order valence-corrected chi connectivity index (χ0v) is 14.1. The summed E-state index contributed by atoms with van der Waals surface area (Å²) in [6, 6.07) is 11.1. The van der Waals surface area contributed by atoms with Crippen LogP contribution in [0.2, 0.25) is 5.02 Å². The fraction of sp³-hybridized carbons (Fsp3) is 0.200. The molecule has 0 aliphatic heterocycles. The van der Waals surface area contributed by atoms with E-state index in [0.29, 0.717) is 10.8 Å². The van der Waals surface area contributed by atoms with E-state index in [2.05, 4.69) is 15.9 Å². The van der Waals surface area contributed by atoms with E-state index >= 15 is 0 Å². The number of halogens is 3. The number of hydrogen-bond donors (Lipinski definition) is 0. The number of benzene rings is 2. The third-order valence-electron chi connectivity index (χ3n) is 2.95. The van der Waals surface area contributed by atoms with Gasteiger partial charge in [-0.15, -0.1) is 11.6 Å². The van der Waals surface area contributed by atoms with E-state index in [1.54, 1.807) is 14.2 Å². The third-order valence-corrected chi connectivity index (χ3v) is 4.34. The lowest BCUT2D eigenvalue weighted by Gasteiger charge is -2.17. The van der Waals surface area contributed by atoms with E-state index < -0.39 is 0 Å². The lowest BCUT2D eigenvalue weighted by Crippen LogP contribution is -1.99. The number of alkyl halides is 1. The van der Waals surface area contributed by atoms with Crippen LogP contribution in [-0.2, 0) is 0 Å². The molecular formula is C15H13BrCl2O2. The number of methoxy groups -OCH3 is 2. The van der Waals surface area contributed by atoms with Crippen molar-refractivity contribution in [3.63, 3.8) is 0 Å². The van der Waals surface area contributed by atoms with Crippen LogP contribution in [0.5, 0.6) is 11.5 Å². The van der Waals surface area contributed by atoms with Crippen molar-refractivity contribution in [2.75, 3.05) is 14.2 Å². The molecule has 0 aliphatic rings. The first kappa shape index (κ1) is 15.5. The van der Waals surface area contributed by atoms with Crippen molar-refractivity contribution in [1.29, 1.82) is 0 Å². The monoisotopic (exact) mass is 374 g/mol. The highest BCUT2D eigenvalue weighted by atomic mass is 79.9. The minimum Gasteiger partial charge on any atom is -0.497 e. The van der Waals surface area contributed by atoms with Gasteiger partial charge in [0.25, 0.3) is 0 Å². The van der Waals surface area contributed by atoms with Crippen LogP contribution >= 0.6 is 39.1 Å². The maximum atomic E-state index is 6.59. The SMILES string of the molecule is COc1ccc(OC)c(C(Cl)c2ccc(Cl)cc2Br)c1. The van der Waals surface area contributed by atoms with Crippen LogP contribution in [0.25, 0.3) is 0 Å². The summed E-state index contributed by atoms with van der Waals surface area (Å²) in [5.41, 5.74) is 1.76.